The maximum atomic E-state index is 2.35. The van der Waals surface area contributed by atoms with Crippen LogP contribution in [0.3, 0.4) is 0 Å². The van der Waals surface area contributed by atoms with Crippen molar-refractivity contribution in [2.24, 2.45) is 0 Å². The third-order valence-electron chi connectivity index (χ3n) is 3.22. The predicted molar refractivity (Wildman–Crippen MR) is 86.3 cm³/mol. The molecular weight excluding hydrogens is 256 g/mol. The summed E-state index contributed by atoms with van der Waals surface area (Å²) in [6.07, 6.45) is 9.59. The maximum Gasteiger partial charge on any atom is 0.0863 e. The molecule has 0 nitrogen and oxygen atoms in total. The summed E-state index contributed by atoms with van der Waals surface area (Å²) in [6.45, 7) is 2.20. The van der Waals surface area contributed by atoms with Crippen molar-refractivity contribution in [3.8, 4) is 0 Å². The van der Waals surface area contributed by atoms with E-state index in [1.54, 1.807) is 0 Å². The van der Waals surface area contributed by atoms with Gasteiger partial charge >= 0.3 is 0 Å². The first-order chi connectivity index (χ1) is 8.87. The molecule has 0 amide bonds. The summed E-state index contributed by atoms with van der Waals surface area (Å²) in [5, 5.41) is 0. The van der Waals surface area contributed by atoms with E-state index in [-0.39, 0.29) is 0 Å². The van der Waals surface area contributed by atoms with Gasteiger partial charge in [0.15, 0.2) is 0 Å². The summed E-state index contributed by atoms with van der Waals surface area (Å²) in [6, 6.07) is 11.1. The molecule has 1 aliphatic rings. The predicted octanol–water partition coefficient (Wildman–Crippen LogP) is 5.46. The van der Waals surface area contributed by atoms with Gasteiger partial charge in [-0.2, -0.15) is 0 Å². The average molecular weight is 278 g/mol. The summed E-state index contributed by atoms with van der Waals surface area (Å²) < 4.78 is 0.303. The quantitative estimate of drug-likeness (QED) is 0.656. The van der Waals surface area contributed by atoms with Crippen molar-refractivity contribution in [2.75, 3.05) is 11.5 Å². The first-order valence-electron chi connectivity index (χ1n) is 6.86. The molecule has 0 bridgehead atoms. The summed E-state index contributed by atoms with van der Waals surface area (Å²) in [4.78, 5) is 0. The Kier molecular flexibility index (Phi) is 5.71. The molecule has 98 valence electrons. The lowest BCUT2D eigenvalue weighted by molar-refractivity contribution is 0.760. The van der Waals surface area contributed by atoms with Crippen LogP contribution >= 0.6 is 23.5 Å². The van der Waals surface area contributed by atoms with Gasteiger partial charge < -0.3 is 0 Å². The molecule has 1 saturated heterocycles. The molecule has 0 radical (unpaired) electrons. The zero-order chi connectivity index (χ0) is 12.7. The lowest BCUT2D eigenvalue weighted by Crippen LogP contribution is -2.22. The van der Waals surface area contributed by atoms with E-state index in [9.17, 15) is 0 Å². The molecule has 2 rings (SSSR count). The second kappa shape index (κ2) is 7.30. The van der Waals surface area contributed by atoms with E-state index in [0.29, 0.717) is 4.08 Å². The van der Waals surface area contributed by atoms with Crippen LogP contribution in [0.15, 0.2) is 42.5 Å². The molecule has 1 aromatic carbocycles. The van der Waals surface area contributed by atoms with Gasteiger partial charge in [-0.3, -0.25) is 0 Å². The highest BCUT2D eigenvalue weighted by molar-refractivity contribution is 8.18. The Bertz CT molecular complexity index is 364. The molecule has 18 heavy (non-hydrogen) atoms. The number of hydrogen-bond donors (Lipinski definition) is 0. The molecule has 0 spiro atoms. The van der Waals surface area contributed by atoms with Crippen molar-refractivity contribution < 1.29 is 0 Å². The fraction of sp³-hybridized carbons (Fsp3) is 0.500. The molecule has 1 aromatic rings. The largest absolute Gasteiger partial charge is 0.139 e. The molecule has 0 saturated carbocycles. The fourth-order valence-corrected chi connectivity index (χ4v) is 5.66. The molecule has 1 fully saturated rings. The Balaban J connectivity index is 2.10. The van der Waals surface area contributed by atoms with Crippen LogP contribution in [0.4, 0.5) is 0 Å². The van der Waals surface area contributed by atoms with Crippen LogP contribution in [0.25, 0.3) is 0 Å². The van der Waals surface area contributed by atoms with Crippen molar-refractivity contribution in [3.63, 3.8) is 0 Å². The Hall–Kier alpha value is -0.340. The zero-order valence-electron chi connectivity index (χ0n) is 11.1. The van der Waals surface area contributed by atoms with Crippen LogP contribution < -0.4 is 0 Å². The third kappa shape index (κ3) is 3.58. The highest BCUT2D eigenvalue weighted by Crippen LogP contribution is 2.53. The van der Waals surface area contributed by atoms with E-state index < -0.39 is 0 Å². The van der Waals surface area contributed by atoms with Gasteiger partial charge in [-0.1, -0.05) is 49.4 Å². The van der Waals surface area contributed by atoms with E-state index in [4.69, 9.17) is 0 Å². The molecule has 0 aliphatic carbocycles. The van der Waals surface area contributed by atoms with Crippen molar-refractivity contribution in [2.45, 2.75) is 36.7 Å². The normalized spacial score (nSPS) is 19.2. The second-order valence-corrected chi connectivity index (χ2v) is 7.63. The second-order valence-electron chi connectivity index (χ2n) is 4.59. The molecule has 0 N–H and O–H groups in total. The Morgan fingerprint density at radius 1 is 1.11 bits per heavy atom. The van der Waals surface area contributed by atoms with Crippen LogP contribution in [0.1, 0.15) is 38.2 Å². The van der Waals surface area contributed by atoms with Crippen molar-refractivity contribution in [3.05, 3.63) is 48.0 Å². The van der Waals surface area contributed by atoms with Crippen LogP contribution in [-0.4, -0.2) is 11.5 Å². The number of hydrogen-bond acceptors (Lipinski definition) is 2. The van der Waals surface area contributed by atoms with Gasteiger partial charge in [0.2, 0.25) is 0 Å². The fourth-order valence-electron chi connectivity index (χ4n) is 2.28. The minimum atomic E-state index is 0.303. The Labute approximate surface area is 120 Å². The molecule has 0 atom stereocenters. The summed E-state index contributed by atoms with van der Waals surface area (Å²) in [5.74, 6) is 2.61. The maximum absolute atomic E-state index is 2.35. The van der Waals surface area contributed by atoms with Crippen LogP contribution in [0.2, 0.25) is 0 Å². The lowest BCUT2D eigenvalue weighted by atomic mass is 10.1. The lowest BCUT2D eigenvalue weighted by Gasteiger charge is -2.36. The highest BCUT2D eigenvalue weighted by atomic mass is 32.2. The molecule has 2 heteroatoms. The van der Waals surface area contributed by atoms with Crippen molar-refractivity contribution in [1.82, 2.24) is 0 Å². The molecule has 1 aliphatic heterocycles. The SMILES string of the molecule is CC/C=C\CCC1(c2ccccc2)SCCCS1. The van der Waals surface area contributed by atoms with E-state index in [2.05, 4.69) is 72.9 Å². The summed E-state index contributed by atoms with van der Waals surface area (Å²) >= 11 is 4.30. The van der Waals surface area contributed by atoms with E-state index >= 15 is 0 Å². The number of benzene rings is 1. The first-order valence-corrected chi connectivity index (χ1v) is 8.83. The van der Waals surface area contributed by atoms with Gasteiger partial charge in [-0.05, 0) is 42.8 Å². The average Bonchev–Trinajstić information content (AvgIpc) is 2.46. The minimum absolute atomic E-state index is 0.303. The number of rotatable bonds is 5. The standard InChI is InChI=1S/C16H22S2/c1-2-3-4-8-12-16(17-13-9-14-18-16)15-10-6-5-7-11-15/h3-7,10-11H,2,8-9,12-14H2,1H3/b4-3-. The van der Waals surface area contributed by atoms with E-state index in [1.807, 2.05) is 0 Å². The topological polar surface area (TPSA) is 0 Å². The van der Waals surface area contributed by atoms with E-state index in [1.165, 1.54) is 36.3 Å². The number of thioether (sulfide) groups is 2. The van der Waals surface area contributed by atoms with Crippen molar-refractivity contribution >= 4 is 23.5 Å². The van der Waals surface area contributed by atoms with Crippen LogP contribution in [0.5, 0.6) is 0 Å². The zero-order valence-corrected chi connectivity index (χ0v) is 12.7. The van der Waals surface area contributed by atoms with E-state index in [0.717, 1.165) is 6.42 Å². The van der Waals surface area contributed by atoms with Gasteiger partial charge in [0.25, 0.3) is 0 Å². The Morgan fingerprint density at radius 3 is 2.50 bits per heavy atom. The van der Waals surface area contributed by atoms with Gasteiger partial charge in [0, 0.05) is 0 Å². The van der Waals surface area contributed by atoms with Crippen LogP contribution in [0, 0.1) is 0 Å². The molecular formula is C16H22S2. The van der Waals surface area contributed by atoms with Gasteiger partial charge in [-0.15, -0.1) is 23.5 Å². The monoisotopic (exact) mass is 278 g/mol. The van der Waals surface area contributed by atoms with Gasteiger partial charge in [0.05, 0.1) is 4.08 Å². The minimum Gasteiger partial charge on any atom is -0.139 e. The number of allylic oxidation sites excluding steroid dienone is 2. The molecule has 0 aromatic heterocycles. The Morgan fingerprint density at radius 2 is 1.83 bits per heavy atom. The molecule has 1 heterocycles. The van der Waals surface area contributed by atoms with Gasteiger partial charge in [-0.25, -0.2) is 0 Å². The van der Waals surface area contributed by atoms with Gasteiger partial charge in [0.1, 0.15) is 0 Å². The van der Waals surface area contributed by atoms with Crippen LogP contribution in [-0.2, 0) is 4.08 Å². The summed E-state index contributed by atoms with van der Waals surface area (Å²) in [5.41, 5.74) is 1.50. The highest BCUT2D eigenvalue weighted by Gasteiger charge is 2.34. The van der Waals surface area contributed by atoms with Crippen molar-refractivity contribution in [1.29, 1.82) is 0 Å². The molecule has 0 unspecified atom stereocenters. The first kappa shape index (κ1) is 14.1. The smallest absolute Gasteiger partial charge is 0.0863 e. The summed E-state index contributed by atoms with van der Waals surface area (Å²) in [7, 11) is 0. The third-order valence-corrected chi connectivity index (χ3v) is 6.72.